The average Bonchev–Trinajstić information content (AvgIpc) is 2.10. The van der Waals surface area contributed by atoms with Crippen LogP contribution in [0.4, 0.5) is 0 Å². The molecule has 1 aliphatic rings. The maximum Gasteiger partial charge on any atom is 0.157 e. The lowest BCUT2D eigenvalue weighted by molar-refractivity contribution is -0.178. The summed E-state index contributed by atoms with van der Waals surface area (Å²) >= 11 is 0. The van der Waals surface area contributed by atoms with Crippen molar-refractivity contribution in [2.24, 2.45) is 0 Å². The maximum atomic E-state index is 5.20. The second-order valence-corrected chi connectivity index (χ2v) is 1.93. The molecule has 1 fully saturated rings. The first-order valence-corrected chi connectivity index (χ1v) is 4.16. The van der Waals surface area contributed by atoms with Crippen LogP contribution in [0.5, 0.6) is 0 Å². The SMILES string of the molecule is CC.CCC1OCCCO1. The zero-order chi connectivity index (χ0) is 7.82. The van der Waals surface area contributed by atoms with E-state index in [2.05, 4.69) is 6.92 Å². The molecule has 0 aliphatic carbocycles. The van der Waals surface area contributed by atoms with Gasteiger partial charge in [-0.25, -0.2) is 0 Å². The Hall–Kier alpha value is -0.0800. The molecule has 62 valence electrons. The van der Waals surface area contributed by atoms with Gasteiger partial charge in [0.1, 0.15) is 0 Å². The molecule has 0 spiro atoms. The van der Waals surface area contributed by atoms with Crippen LogP contribution in [0.2, 0.25) is 0 Å². The molecule has 10 heavy (non-hydrogen) atoms. The third kappa shape index (κ3) is 3.85. The second kappa shape index (κ2) is 7.03. The summed E-state index contributed by atoms with van der Waals surface area (Å²) in [5.74, 6) is 0. The molecule has 2 nitrogen and oxygen atoms in total. The van der Waals surface area contributed by atoms with E-state index in [0.29, 0.717) is 0 Å². The minimum Gasteiger partial charge on any atom is -0.353 e. The molecule has 1 saturated heterocycles. The van der Waals surface area contributed by atoms with Gasteiger partial charge in [0.25, 0.3) is 0 Å². The molecule has 0 aromatic carbocycles. The Kier molecular flexibility index (Phi) is 6.98. The molecule has 0 saturated carbocycles. The van der Waals surface area contributed by atoms with Crippen molar-refractivity contribution in [1.82, 2.24) is 0 Å². The molecular weight excluding hydrogens is 128 g/mol. The predicted molar refractivity (Wildman–Crippen MR) is 41.9 cm³/mol. The molecule has 0 aromatic rings. The van der Waals surface area contributed by atoms with Crippen molar-refractivity contribution < 1.29 is 9.47 Å². The van der Waals surface area contributed by atoms with E-state index in [0.717, 1.165) is 26.1 Å². The number of ether oxygens (including phenoxy) is 2. The van der Waals surface area contributed by atoms with E-state index in [1.165, 1.54) is 0 Å². The monoisotopic (exact) mass is 146 g/mol. The van der Waals surface area contributed by atoms with E-state index >= 15 is 0 Å². The Labute approximate surface area is 63.5 Å². The normalized spacial score (nSPS) is 19.5. The fraction of sp³-hybridized carbons (Fsp3) is 1.00. The molecule has 1 heterocycles. The molecule has 1 aliphatic heterocycles. The topological polar surface area (TPSA) is 18.5 Å². The fourth-order valence-corrected chi connectivity index (χ4v) is 0.772. The smallest absolute Gasteiger partial charge is 0.157 e. The Morgan fingerprint density at radius 2 is 1.70 bits per heavy atom. The number of rotatable bonds is 1. The quantitative estimate of drug-likeness (QED) is 0.564. The third-order valence-electron chi connectivity index (χ3n) is 1.23. The van der Waals surface area contributed by atoms with E-state index in [4.69, 9.17) is 9.47 Å². The van der Waals surface area contributed by atoms with Gasteiger partial charge in [-0.2, -0.15) is 0 Å². The van der Waals surface area contributed by atoms with Crippen LogP contribution in [0.25, 0.3) is 0 Å². The van der Waals surface area contributed by atoms with Gasteiger partial charge >= 0.3 is 0 Å². The van der Waals surface area contributed by atoms with E-state index < -0.39 is 0 Å². The van der Waals surface area contributed by atoms with Gasteiger partial charge in [-0.15, -0.1) is 0 Å². The lowest BCUT2D eigenvalue weighted by Crippen LogP contribution is -2.23. The summed E-state index contributed by atoms with van der Waals surface area (Å²) in [6, 6.07) is 0. The highest BCUT2D eigenvalue weighted by atomic mass is 16.7. The molecule has 0 N–H and O–H groups in total. The van der Waals surface area contributed by atoms with E-state index in [1.54, 1.807) is 0 Å². The zero-order valence-electron chi connectivity index (χ0n) is 7.22. The predicted octanol–water partition coefficient (Wildman–Crippen LogP) is 2.19. The highest BCUT2D eigenvalue weighted by Gasteiger charge is 2.09. The molecule has 0 radical (unpaired) electrons. The molecule has 0 amide bonds. The Balaban J connectivity index is 0.000000371. The summed E-state index contributed by atoms with van der Waals surface area (Å²) in [4.78, 5) is 0. The average molecular weight is 146 g/mol. The minimum atomic E-state index is 0.0868. The lowest BCUT2D eigenvalue weighted by Gasteiger charge is -2.21. The fourth-order valence-electron chi connectivity index (χ4n) is 0.772. The third-order valence-corrected chi connectivity index (χ3v) is 1.23. The first kappa shape index (κ1) is 9.92. The summed E-state index contributed by atoms with van der Waals surface area (Å²) < 4.78 is 10.4. The van der Waals surface area contributed by atoms with Crippen LogP contribution in [0, 0.1) is 0 Å². The van der Waals surface area contributed by atoms with Gasteiger partial charge in [-0.05, 0) is 12.8 Å². The molecule has 0 atom stereocenters. The van der Waals surface area contributed by atoms with Crippen molar-refractivity contribution in [1.29, 1.82) is 0 Å². The maximum absolute atomic E-state index is 5.20. The van der Waals surface area contributed by atoms with Gasteiger partial charge < -0.3 is 9.47 Å². The first-order chi connectivity index (χ1) is 4.93. The summed E-state index contributed by atoms with van der Waals surface area (Å²) in [7, 11) is 0. The highest BCUT2D eigenvalue weighted by molar-refractivity contribution is 4.47. The standard InChI is InChI=1S/C6H12O2.C2H6/c1-2-6-7-4-3-5-8-6;1-2/h6H,2-5H2,1H3;1-2H3. The van der Waals surface area contributed by atoms with Crippen LogP contribution < -0.4 is 0 Å². The van der Waals surface area contributed by atoms with Crippen LogP contribution in [0.15, 0.2) is 0 Å². The zero-order valence-corrected chi connectivity index (χ0v) is 7.22. The highest BCUT2D eigenvalue weighted by Crippen LogP contribution is 2.06. The van der Waals surface area contributed by atoms with Gasteiger partial charge in [0.2, 0.25) is 0 Å². The number of hydrogen-bond donors (Lipinski definition) is 0. The Morgan fingerprint density at radius 3 is 2.00 bits per heavy atom. The summed E-state index contributed by atoms with van der Waals surface area (Å²) in [5, 5.41) is 0. The van der Waals surface area contributed by atoms with Crippen LogP contribution in [-0.4, -0.2) is 19.5 Å². The number of hydrogen-bond acceptors (Lipinski definition) is 2. The molecular formula is C8H18O2. The van der Waals surface area contributed by atoms with E-state index in [9.17, 15) is 0 Å². The van der Waals surface area contributed by atoms with Crippen molar-refractivity contribution in [2.45, 2.75) is 39.9 Å². The minimum absolute atomic E-state index is 0.0868. The summed E-state index contributed by atoms with van der Waals surface area (Å²) in [5.41, 5.74) is 0. The summed E-state index contributed by atoms with van der Waals surface area (Å²) in [6.45, 7) is 7.81. The van der Waals surface area contributed by atoms with Crippen molar-refractivity contribution in [2.75, 3.05) is 13.2 Å². The van der Waals surface area contributed by atoms with Crippen LogP contribution in [0.3, 0.4) is 0 Å². The van der Waals surface area contributed by atoms with Crippen molar-refractivity contribution >= 4 is 0 Å². The van der Waals surface area contributed by atoms with Crippen molar-refractivity contribution in [3.63, 3.8) is 0 Å². The van der Waals surface area contributed by atoms with Gasteiger partial charge in [-0.1, -0.05) is 20.8 Å². The Bertz CT molecular complexity index is 58.3. The van der Waals surface area contributed by atoms with E-state index in [1.807, 2.05) is 13.8 Å². The van der Waals surface area contributed by atoms with Crippen LogP contribution in [-0.2, 0) is 9.47 Å². The van der Waals surface area contributed by atoms with Gasteiger partial charge in [0.05, 0.1) is 13.2 Å². The van der Waals surface area contributed by atoms with Gasteiger partial charge in [0, 0.05) is 0 Å². The van der Waals surface area contributed by atoms with Crippen molar-refractivity contribution in [3.05, 3.63) is 0 Å². The Morgan fingerprint density at radius 1 is 1.20 bits per heavy atom. The van der Waals surface area contributed by atoms with Gasteiger partial charge in [-0.3, -0.25) is 0 Å². The summed E-state index contributed by atoms with van der Waals surface area (Å²) in [6.07, 6.45) is 2.11. The van der Waals surface area contributed by atoms with Gasteiger partial charge in [0.15, 0.2) is 6.29 Å². The molecule has 0 bridgehead atoms. The van der Waals surface area contributed by atoms with Crippen LogP contribution >= 0.6 is 0 Å². The molecule has 2 heteroatoms. The largest absolute Gasteiger partial charge is 0.353 e. The first-order valence-electron chi connectivity index (χ1n) is 4.16. The van der Waals surface area contributed by atoms with E-state index in [-0.39, 0.29) is 6.29 Å². The lowest BCUT2D eigenvalue weighted by atomic mass is 10.4. The molecule has 0 unspecified atom stereocenters. The second-order valence-electron chi connectivity index (χ2n) is 1.93. The molecule has 0 aromatic heterocycles. The molecule has 1 rings (SSSR count). The van der Waals surface area contributed by atoms with Crippen LogP contribution in [0.1, 0.15) is 33.6 Å². The van der Waals surface area contributed by atoms with Crippen molar-refractivity contribution in [3.8, 4) is 0 Å².